The standard InChI is InChI=1S/C13H24/c1-8(2)12-10-6-5-7-11(10)13(12)9(3)4/h8-13H,5-7H2,1-4H3. The molecule has 2 aliphatic rings. The third-order valence-corrected chi connectivity index (χ3v) is 4.60. The van der Waals surface area contributed by atoms with Gasteiger partial charge in [-0.15, -0.1) is 0 Å². The Morgan fingerprint density at radius 2 is 1.15 bits per heavy atom. The molecule has 4 atom stereocenters. The van der Waals surface area contributed by atoms with Gasteiger partial charge in [0.1, 0.15) is 0 Å². The number of fused-ring (bicyclic) bond motifs is 1. The molecule has 2 saturated carbocycles. The van der Waals surface area contributed by atoms with Gasteiger partial charge in [0.05, 0.1) is 0 Å². The minimum atomic E-state index is 0.923. The highest BCUT2D eigenvalue weighted by Crippen LogP contribution is 2.60. The smallest absolute Gasteiger partial charge is 0.0326 e. The first-order valence-corrected chi connectivity index (χ1v) is 6.13. The van der Waals surface area contributed by atoms with Crippen LogP contribution in [-0.2, 0) is 0 Å². The van der Waals surface area contributed by atoms with Gasteiger partial charge in [0.25, 0.3) is 0 Å². The first kappa shape index (κ1) is 9.55. The van der Waals surface area contributed by atoms with Crippen LogP contribution in [0.2, 0.25) is 0 Å². The Labute approximate surface area is 83.1 Å². The third-order valence-electron chi connectivity index (χ3n) is 4.60. The quantitative estimate of drug-likeness (QED) is 0.603. The molecule has 0 aliphatic heterocycles. The Kier molecular flexibility index (Phi) is 2.42. The van der Waals surface area contributed by atoms with Gasteiger partial charge < -0.3 is 0 Å². The molecule has 0 aromatic heterocycles. The fraction of sp³-hybridized carbons (Fsp3) is 1.00. The number of hydrogen-bond donors (Lipinski definition) is 0. The molecule has 0 amide bonds. The van der Waals surface area contributed by atoms with Gasteiger partial charge in [0.2, 0.25) is 0 Å². The lowest BCUT2D eigenvalue weighted by Crippen LogP contribution is -2.48. The second-order valence-corrected chi connectivity index (χ2v) is 5.90. The summed E-state index contributed by atoms with van der Waals surface area (Å²) in [6.07, 6.45) is 4.59. The van der Waals surface area contributed by atoms with Crippen LogP contribution in [0.25, 0.3) is 0 Å². The minimum Gasteiger partial charge on any atom is -0.0625 e. The molecule has 76 valence electrons. The summed E-state index contributed by atoms with van der Waals surface area (Å²) in [5, 5.41) is 0. The predicted octanol–water partition coefficient (Wildman–Crippen LogP) is 3.96. The van der Waals surface area contributed by atoms with Gasteiger partial charge in [-0.2, -0.15) is 0 Å². The van der Waals surface area contributed by atoms with E-state index in [1.54, 1.807) is 0 Å². The Balaban J connectivity index is 2.08. The van der Waals surface area contributed by atoms with Crippen LogP contribution in [0, 0.1) is 35.5 Å². The summed E-state index contributed by atoms with van der Waals surface area (Å²) in [7, 11) is 0. The van der Waals surface area contributed by atoms with Crippen LogP contribution >= 0.6 is 0 Å². The fourth-order valence-corrected chi connectivity index (χ4v) is 4.28. The Morgan fingerprint density at radius 1 is 0.769 bits per heavy atom. The molecule has 0 spiro atoms. The van der Waals surface area contributed by atoms with Crippen molar-refractivity contribution in [3.63, 3.8) is 0 Å². The molecular weight excluding hydrogens is 156 g/mol. The lowest BCUT2D eigenvalue weighted by Gasteiger charge is -2.53. The zero-order chi connectivity index (χ0) is 9.59. The van der Waals surface area contributed by atoms with Gasteiger partial charge in [-0.25, -0.2) is 0 Å². The topological polar surface area (TPSA) is 0 Å². The molecular formula is C13H24. The van der Waals surface area contributed by atoms with Crippen molar-refractivity contribution in [2.24, 2.45) is 35.5 Å². The second-order valence-electron chi connectivity index (χ2n) is 5.90. The molecule has 0 aromatic rings. The zero-order valence-corrected chi connectivity index (χ0v) is 9.59. The van der Waals surface area contributed by atoms with E-state index in [4.69, 9.17) is 0 Å². The highest BCUT2D eigenvalue weighted by Gasteiger charge is 2.53. The summed E-state index contributed by atoms with van der Waals surface area (Å²) in [6.45, 7) is 9.70. The van der Waals surface area contributed by atoms with Crippen LogP contribution in [0.4, 0.5) is 0 Å². The van der Waals surface area contributed by atoms with Crippen molar-refractivity contribution in [2.75, 3.05) is 0 Å². The first-order valence-electron chi connectivity index (χ1n) is 6.13. The van der Waals surface area contributed by atoms with Crippen LogP contribution in [0.5, 0.6) is 0 Å². The summed E-state index contributed by atoms with van der Waals surface area (Å²) < 4.78 is 0. The Morgan fingerprint density at radius 3 is 1.46 bits per heavy atom. The van der Waals surface area contributed by atoms with E-state index in [-0.39, 0.29) is 0 Å². The van der Waals surface area contributed by atoms with Crippen molar-refractivity contribution in [3.8, 4) is 0 Å². The maximum absolute atomic E-state index is 2.43. The van der Waals surface area contributed by atoms with E-state index >= 15 is 0 Å². The summed E-state index contributed by atoms with van der Waals surface area (Å²) in [4.78, 5) is 0. The predicted molar refractivity (Wildman–Crippen MR) is 57.5 cm³/mol. The normalized spacial score (nSPS) is 43.8. The van der Waals surface area contributed by atoms with Gasteiger partial charge >= 0.3 is 0 Å². The molecule has 13 heavy (non-hydrogen) atoms. The van der Waals surface area contributed by atoms with Crippen molar-refractivity contribution in [1.29, 1.82) is 0 Å². The van der Waals surface area contributed by atoms with E-state index in [0.29, 0.717) is 0 Å². The Bertz CT molecular complexity index is 160. The van der Waals surface area contributed by atoms with Crippen molar-refractivity contribution in [2.45, 2.75) is 47.0 Å². The third kappa shape index (κ3) is 1.33. The molecule has 0 heteroatoms. The maximum atomic E-state index is 2.43. The minimum absolute atomic E-state index is 0.923. The van der Waals surface area contributed by atoms with Crippen LogP contribution in [0.3, 0.4) is 0 Å². The molecule has 0 bridgehead atoms. The van der Waals surface area contributed by atoms with E-state index in [0.717, 1.165) is 35.5 Å². The zero-order valence-electron chi connectivity index (χ0n) is 9.59. The monoisotopic (exact) mass is 180 g/mol. The molecule has 0 radical (unpaired) electrons. The van der Waals surface area contributed by atoms with Crippen molar-refractivity contribution in [1.82, 2.24) is 0 Å². The van der Waals surface area contributed by atoms with E-state index in [1.807, 2.05) is 0 Å². The van der Waals surface area contributed by atoms with E-state index in [9.17, 15) is 0 Å². The van der Waals surface area contributed by atoms with Crippen molar-refractivity contribution < 1.29 is 0 Å². The second kappa shape index (κ2) is 3.29. The molecule has 2 fully saturated rings. The lowest BCUT2D eigenvalue weighted by atomic mass is 9.51. The Hall–Kier alpha value is 0. The number of hydrogen-bond acceptors (Lipinski definition) is 0. The van der Waals surface area contributed by atoms with E-state index in [2.05, 4.69) is 27.7 Å². The molecule has 0 aromatic carbocycles. The fourth-order valence-electron chi connectivity index (χ4n) is 4.28. The molecule has 0 nitrogen and oxygen atoms in total. The largest absolute Gasteiger partial charge is 0.0625 e. The average molecular weight is 180 g/mol. The van der Waals surface area contributed by atoms with Gasteiger partial charge in [-0.1, -0.05) is 34.1 Å². The van der Waals surface area contributed by atoms with Crippen molar-refractivity contribution >= 4 is 0 Å². The summed E-state index contributed by atoms with van der Waals surface area (Å²) >= 11 is 0. The summed E-state index contributed by atoms with van der Waals surface area (Å²) in [6, 6.07) is 0. The van der Waals surface area contributed by atoms with Crippen LogP contribution in [-0.4, -0.2) is 0 Å². The SMILES string of the molecule is CC(C)C1C2CCCC2C1C(C)C. The highest BCUT2D eigenvalue weighted by atomic mass is 14.6. The number of rotatable bonds is 2. The first-order chi connectivity index (χ1) is 6.13. The molecule has 0 saturated heterocycles. The molecule has 4 unspecified atom stereocenters. The molecule has 0 N–H and O–H groups in total. The molecule has 0 heterocycles. The lowest BCUT2D eigenvalue weighted by molar-refractivity contribution is -0.0575. The van der Waals surface area contributed by atoms with Gasteiger partial charge in [0, 0.05) is 0 Å². The van der Waals surface area contributed by atoms with Gasteiger partial charge in [0.15, 0.2) is 0 Å². The van der Waals surface area contributed by atoms with Crippen LogP contribution in [0.15, 0.2) is 0 Å². The van der Waals surface area contributed by atoms with E-state index < -0.39 is 0 Å². The maximum Gasteiger partial charge on any atom is -0.0326 e. The average Bonchev–Trinajstić information content (AvgIpc) is 2.31. The van der Waals surface area contributed by atoms with E-state index in [1.165, 1.54) is 19.3 Å². The van der Waals surface area contributed by atoms with Crippen LogP contribution < -0.4 is 0 Å². The van der Waals surface area contributed by atoms with Crippen molar-refractivity contribution in [3.05, 3.63) is 0 Å². The highest BCUT2D eigenvalue weighted by molar-refractivity contribution is 5.01. The van der Waals surface area contributed by atoms with Crippen LogP contribution in [0.1, 0.15) is 47.0 Å². The summed E-state index contributed by atoms with van der Waals surface area (Å²) in [5.41, 5.74) is 0. The summed E-state index contributed by atoms with van der Waals surface area (Å²) in [5.74, 6) is 6.21. The van der Waals surface area contributed by atoms with Gasteiger partial charge in [-0.3, -0.25) is 0 Å². The molecule has 2 aliphatic carbocycles. The van der Waals surface area contributed by atoms with Gasteiger partial charge in [-0.05, 0) is 48.3 Å². The molecule has 2 rings (SSSR count).